The number of aromatic nitrogens is 1. The second-order valence-corrected chi connectivity index (χ2v) is 3.97. The summed E-state index contributed by atoms with van der Waals surface area (Å²) >= 11 is 0. The first-order chi connectivity index (χ1) is 6.73. The SMILES string of the molecule is NS(=O)(=O)c1nc(C(F)F)cc(F)c1F. The third kappa shape index (κ3) is 2.42. The molecule has 0 atom stereocenters. The Kier molecular flexibility index (Phi) is 2.95. The van der Waals surface area contributed by atoms with Gasteiger partial charge < -0.3 is 0 Å². The molecule has 84 valence electrons. The van der Waals surface area contributed by atoms with E-state index in [0.717, 1.165) is 0 Å². The van der Waals surface area contributed by atoms with Gasteiger partial charge in [-0.2, -0.15) is 0 Å². The molecule has 1 rings (SSSR count). The standard InChI is InChI=1S/C6H4F4N2O2S/c7-2-1-3(5(9)10)12-6(4(2)8)15(11,13)14/h1,5H,(H2,11,13,14). The molecule has 1 aromatic rings. The molecule has 0 aliphatic heterocycles. The van der Waals surface area contributed by atoms with Gasteiger partial charge in [-0.15, -0.1) is 0 Å². The number of hydrogen-bond acceptors (Lipinski definition) is 3. The van der Waals surface area contributed by atoms with Crippen molar-refractivity contribution in [2.75, 3.05) is 0 Å². The summed E-state index contributed by atoms with van der Waals surface area (Å²) in [6, 6.07) is 0.106. The van der Waals surface area contributed by atoms with Gasteiger partial charge in [0, 0.05) is 6.07 Å². The Morgan fingerprint density at radius 1 is 1.33 bits per heavy atom. The molecule has 4 nitrogen and oxygen atoms in total. The first-order valence-electron chi connectivity index (χ1n) is 3.40. The highest BCUT2D eigenvalue weighted by molar-refractivity contribution is 7.89. The van der Waals surface area contributed by atoms with Crippen molar-refractivity contribution >= 4 is 10.0 Å². The van der Waals surface area contributed by atoms with E-state index in [9.17, 15) is 26.0 Å². The average molecular weight is 244 g/mol. The maximum Gasteiger partial charge on any atom is 0.280 e. The fraction of sp³-hybridized carbons (Fsp3) is 0.167. The van der Waals surface area contributed by atoms with Gasteiger partial charge in [-0.1, -0.05) is 0 Å². The van der Waals surface area contributed by atoms with Crippen LogP contribution in [-0.2, 0) is 10.0 Å². The predicted octanol–water partition coefficient (Wildman–Crippen LogP) is 0.945. The zero-order chi connectivity index (χ0) is 11.8. The molecule has 0 bridgehead atoms. The van der Waals surface area contributed by atoms with Crippen LogP contribution in [0.1, 0.15) is 12.1 Å². The van der Waals surface area contributed by atoms with Crippen LogP contribution in [0.25, 0.3) is 0 Å². The number of nitrogens with two attached hydrogens (primary N) is 1. The number of pyridine rings is 1. The van der Waals surface area contributed by atoms with E-state index < -0.39 is 38.8 Å². The lowest BCUT2D eigenvalue weighted by Crippen LogP contribution is -2.18. The minimum absolute atomic E-state index is 0.106. The molecule has 15 heavy (non-hydrogen) atoms. The van der Waals surface area contributed by atoms with E-state index in [0.29, 0.717) is 0 Å². The van der Waals surface area contributed by atoms with Crippen LogP contribution in [0, 0.1) is 11.6 Å². The molecule has 0 amide bonds. The fourth-order valence-corrected chi connectivity index (χ4v) is 1.37. The van der Waals surface area contributed by atoms with E-state index in [4.69, 9.17) is 0 Å². The third-order valence-electron chi connectivity index (χ3n) is 1.40. The lowest BCUT2D eigenvalue weighted by molar-refractivity contribution is 0.144. The third-order valence-corrected chi connectivity index (χ3v) is 2.21. The summed E-state index contributed by atoms with van der Waals surface area (Å²) in [5.74, 6) is -3.62. The quantitative estimate of drug-likeness (QED) is 0.787. The normalized spacial score (nSPS) is 12.1. The van der Waals surface area contributed by atoms with Gasteiger partial charge in [0.25, 0.3) is 16.4 Å². The van der Waals surface area contributed by atoms with Crippen molar-refractivity contribution in [3.8, 4) is 0 Å². The van der Waals surface area contributed by atoms with E-state index in [1.165, 1.54) is 0 Å². The number of hydrogen-bond donors (Lipinski definition) is 1. The lowest BCUT2D eigenvalue weighted by atomic mass is 10.3. The minimum atomic E-state index is -4.67. The van der Waals surface area contributed by atoms with Crippen LogP contribution in [0.3, 0.4) is 0 Å². The molecule has 1 aromatic heterocycles. The topological polar surface area (TPSA) is 73.1 Å². The maximum atomic E-state index is 12.8. The van der Waals surface area contributed by atoms with E-state index in [-0.39, 0.29) is 6.07 Å². The number of nitrogens with zero attached hydrogens (tertiary/aromatic N) is 1. The van der Waals surface area contributed by atoms with Gasteiger partial charge in [0.05, 0.1) is 0 Å². The summed E-state index contributed by atoms with van der Waals surface area (Å²) in [5.41, 5.74) is -1.20. The molecular weight excluding hydrogens is 240 g/mol. The average Bonchev–Trinajstić information content (AvgIpc) is 2.06. The Labute approximate surface area is 81.8 Å². The lowest BCUT2D eigenvalue weighted by Gasteiger charge is -2.04. The first kappa shape index (κ1) is 11.9. The molecule has 1 heterocycles. The van der Waals surface area contributed by atoms with Gasteiger partial charge in [-0.05, 0) is 0 Å². The summed E-state index contributed by atoms with van der Waals surface area (Å²) in [4.78, 5) is 2.73. The van der Waals surface area contributed by atoms with Gasteiger partial charge in [0.2, 0.25) is 5.03 Å². The van der Waals surface area contributed by atoms with Gasteiger partial charge in [-0.3, -0.25) is 0 Å². The molecule has 0 aliphatic carbocycles. The van der Waals surface area contributed by atoms with Gasteiger partial charge in [0.1, 0.15) is 5.69 Å². The molecule has 0 spiro atoms. The zero-order valence-electron chi connectivity index (χ0n) is 6.92. The van der Waals surface area contributed by atoms with Gasteiger partial charge in [0.15, 0.2) is 11.6 Å². The number of rotatable bonds is 2. The number of sulfonamides is 1. The van der Waals surface area contributed by atoms with E-state index in [1.54, 1.807) is 0 Å². The Morgan fingerprint density at radius 2 is 1.87 bits per heavy atom. The van der Waals surface area contributed by atoms with Crippen molar-refractivity contribution in [2.45, 2.75) is 11.5 Å². The smallest absolute Gasteiger partial charge is 0.231 e. The molecule has 0 radical (unpaired) electrons. The van der Waals surface area contributed by atoms with Crippen LogP contribution < -0.4 is 5.14 Å². The van der Waals surface area contributed by atoms with E-state index in [2.05, 4.69) is 10.1 Å². The zero-order valence-corrected chi connectivity index (χ0v) is 7.73. The highest BCUT2D eigenvalue weighted by atomic mass is 32.2. The summed E-state index contributed by atoms with van der Waals surface area (Å²) in [5, 5.41) is 2.92. The Hall–Kier alpha value is -1.22. The largest absolute Gasteiger partial charge is 0.280 e. The molecule has 0 saturated carbocycles. The molecule has 0 unspecified atom stereocenters. The number of primary sulfonamides is 1. The summed E-state index contributed by atoms with van der Waals surface area (Å²) in [6.45, 7) is 0. The summed E-state index contributed by atoms with van der Waals surface area (Å²) < 4.78 is 70.9. The van der Waals surface area contributed by atoms with Crippen LogP contribution in [0.15, 0.2) is 11.1 Å². The predicted molar refractivity (Wildman–Crippen MR) is 40.5 cm³/mol. The Morgan fingerprint density at radius 3 is 2.27 bits per heavy atom. The number of halogens is 4. The molecule has 9 heteroatoms. The molecule has 0 fully saturated rings. The molecule has 0 aromatic carbocycles. The van der Waals surface area contributed by atoms with Crippen LogP contribution in [0.4, 0.5) is 17.6 Å². The van der Waals surface area contributed by atoms with Crippen molar-refractivity contribution in [3.05, 3.63) is 23.4 Å². The Bertz CT molecular complexity index is 488. The molecule has 0 aliphatic rings. The van der Waals surface area contributed by atoms with Crippen LogP contribution >= 0.6 is 0 Å². The van der Waals surface area contributed by atoms with Crippen molar-refractivity contribution in [3.63, 3.8) is 0 Å². The van der Waals surface area contributed by atoms with Gasteiger partial charge >= 0.3 is 0 Å². The number of alkyl halides is 2. The first-order valence-corrected chi connectivity index (χ1v) is 4.95. The highest BCUT2D eigenvalue weighted by Gasteiger charge is 2.24. The summed E-state index contributed by atoms with van der Waals surface area (Å²) in [7, 11) is -4.67. The second-order valence-electron chi connectivity index (χ2n) is 2.49. The van der Waals surface area contributed by atoms with E-state index in [1.807, 2.05) is 0 Å². The van der Waals surface area contributed by atoms with Crippen molar-refractivity contribution in [1.29, 1.82) is 0 Å². The summed E-state index contributed by atoms with van der Waals surface area (Å²) in [6.07, 6.45) is -3.22. The van der Waals surface area contributed by atoms with Gasteiger partial charge in [-0.25, -0.2) is 36.1 Å². The Balaban J connectivity index is 3.52. The fourth-order valence-electron chi connectivity index (χ4n) is 0.794. The molecular formula is C6H4F4N2O2S. The van der Waals surface area contributed by atoms with Crippen molar-refractivity contribution in [2.24, 2.45) is 5.14 Å². The van der Waals surface area contributed by atoms with Crippen molar-refractivity contribution < 1.29 is 26.0 Å². The molecule has 2 N–H and O–H groups in total. The van der Waals surface area contributed by atoms with Crippen LogP contribution in [-0.4, -0.2) is 13.4 Å². The van der Waals surface area contributed by atoms with Crippen LogP contribution in [0.2, 0.25) is 0 Å². The van der Waals surface area contributed by atoms with Crippen LogP contribution in [0.5, 0.6) is 0 Å². The monoisotopic (exact) mass is 244 g/mol. The minimum Gasteiger partial charge on any atom is -0.231 e. The van der Waals surface area contributed by atoms with E-state index >= 15 is 0 Å². The molecule has 0 saturated heterocycles. The highest BCUT2D eigenvalue weighted by Crippen LogP contribution is 2.21. The van der Waals surface area contributed by atoms with Crippen molar-refractivity contribution in [1.82, 2.24) is 4.98 Å². The maximum absolute atomic E-state index is 12.8. The second kappa shape index (κ2) is 3.74.